The first-order valence-corrected chi connectivity index (χ1v) is 10.5. The van der Waals surface area contributed by atoms with Crippen LogP contribution in [0, 0.1) is 0 Å². The number of nitrogens with zero attached hydrogens (tertiary/aromatic N) is 7. The number of ether oxygens (including phenoxy) is 1. The molecule has 1 fully saturated rings. The van der Waals surface area contributed by atoms with E-state index in [0.717, 1.165) is 31.9 Å². The summed E-state index contributed by atoms with van der Waals surface area (Å²) in [7, 11) is 1.82. The fraction of sp³-hybridized carbons (Fsp3) is 0.429. The highest BCUT2D eigenvalue weighted by molar-refractivity contribution is 5.96. The van der Waals surface area contributed by atoms with Crippen LogP contribution in [0.25, 0.3) is 11.0 Å². The van der Waals surface area contributed by atoms with Crippen LogP contribution >= 0.6 is 0 Å². The van der Waals surface area contributed by atoms with Gasteiger partial charge in [0.2, 0.25) is 17.8 Å². The van der Waals surface area contributed by atoms with Gasteiger partial charge >= 0.3 is 0 Å². The Morgan fingerprint density at radius 2 is 1.97 bits per heavy atom. The summed E-state index contributed by atoms with van der Waals surface area (Å²) in [6, 6.07) is 6.94. The van der Waals surface area contributed by atoms with Gasteiger partial charge < -0.3 is 20.3 Å². The lowest BCUT2D eigenvalue weighted by molar-refractivity contribution is -0.137. The number of aromatic nitrogens is 5. The fourth-order valence-electron chi connectivity index (χ4n) is 3.81. The van der Waals surface area contributed by atoms with Crippen molar-refractivity contribution in [3.63, 3.8) is 0 Å². The molecular weight excluding hydrogens is 412 g/mol. The van der Waals surface area contributed by atoms with Crippen LogP contribution in [-0.4, -0.2) is 81.1 Å². The molecule has 1 saturated heterocycles. The number of hydrogen-bond donors (Lipinski definition) is 1. The van der Waals surface area contributed by atoms with Gasteiger partial charge in [-0.15, -0.1) is 5.10 Å². The Balaban J connectivity index is 1.23. The largest absolute Gasteiger partial charge is 0.370 e. The zero-order valence-corrected chi connectivity index (χ0v) is 17.9. The van der Waals surface area contributed by atoms with Gasteiger partial charge in [0.15, 0.2) is 0 Å². The monoisotopic (exact) mass is 438 g/mol. The second-order valence-corrected chi connectivity index (χ2v) is 7.70. The zero-order chi connectivity index (χ0) is 22.5. The van der Waals surface area contributed by atoms with Crippen LogP contribution in [0.3, 0.4) is 0 Å². The maximum atomic E-state index is 12.6. The minimum absolute atomic E-state index is 0.00231. The van der Waals surface area contributed by atoms with E-state index in [1.807, 2.05) is 7.05 Å². The summed E-state index contributed by atoms with van der Waals surface area (Å²) in [6.07, 6.45) is 5.18. The number of likely N-dealkylation sites (N-methyl/N-ethyl adjacent to an activating group) is 1. The molecular formula is C21H26N8O3. The van der Waals surface area contributed by atoms with E-state index in [1.165, 1.54) is 0 Å². The van der Waals surface area contributed by atoms with Gasteiger partial charge in [-0.3, -0.25) is 9.59 Å². The number of rotatable bonds is 8. The highest BCUT2D eigenvalue weighted by Crippen LogP contribution is 2.19. The quantitative estimate of drug-likeness (QED) is 0.502. The zero-order valence-electron chi connectivity index (χ0n) is 17.9. The average Bonchev–Trinajstić information content (AvgIpc) is 3.24. The number of amides is 2. The second-order valence-electron chi connectivity index (χ2n) is 7.70. The molecule has 2 N–H and O–H groups in total. The minimum atomic E-state index is -0.508. The van der Waals surface area contributed by atoms with Gasteiger partial charge in [-0.25, -0.2) is 14.6 Å². The standard InChI is InChI=1S/C21H26N8O3/c1-27(16-5-9-28(10-6-16)21-23-7-2-8-24-21)19(30)14-32-12-11-29-18-13-15(20(22)31)3-4-17(18)25-26-29/h2-4,7-8,13,16H,5-6,9-12,14H2,1H3,(H2,22,31). The molecule has 0 saturated carbocycles. The second kappa shape index (κ2) is 9.69. The van der Waals surface area contributed by atoms with Gasteiger partial charge in [0.25, 0.3) is 0 Å². The first kappa shape index (κ1) is 21.6. The van der Waals surface area contributed by atoms with Gasteiger partial charge in [-0.1, -0.05) is 5.21 Å². The number of hydrogen-bond acceptors (Lipinski definition) is 8. The Hall–Kier alpha value is -3.60. The van der Waals surface area contributed by atoms with E-state index >= 15 is 0 Å². The highest BCUT2D eigenvalue weighted by atomic mass is 16.5. The lowest BCUT2D eigenvalue weighted by atomic mass is 10.0. The maximum absolute atomic E-state index is 12.6. The van der Waals surface area contributed by atoms with Crippen molar-refractivity contribution in [3.05, 3.63) is 42.2 Å². The Morgan fingerprint density at radius 3 is 2.69 bits per heavy atom. The smallest absolute Gasteiger partial charge is 0.248 e. The van der Waals surface area contributed by atoms with Gasteiger partial charge in [0.05, 0.1) is 18.7 Å². The van der Waals surface area contributed by atoms with Crippen molar-refractivity contribution >= 4 is 28.8 Å². The first-order chi connectivity index (χ1) is 15.5. The van der Waals surface area contributed by atoms with Gasteiger partial charge in [-0.05, 0) is 37.1 Å². The van der Waals surface area contributed by atoms with Crippen LogP contribution in [0.2, 0.25) is 0 Å². The summed E-state index contributed by atoms with van der Waals surface area (Å²) in [6.45, 7) is 2.31. The molecule has 3 heterocycles. The predicted molar refractivity (Wildman–Crippen MR) is 117 cm³/mol. The molecule has 2 aromatic heterocycles. The summed E-state index contributed by atoms with van der Waals surface area (Å²) < 4.78 is 7.23. The van der Waals surface area contributed by atoms with Gasteiger partial charge in [0, 0.05) is 44.1 Å². The van der Waals surface area contributed by atoms with Crippen molar-refractivity contribution < 1.29 is 14.3 Å². The molecule has 1 aromatic carbocycles. The summed E-state index contributed by atoms with van der Waals surface area (Å²) in [4.78, 5) is 36.4. The SMILES string of the molecule is CN(C(=O)COCCn1nnc2ccc(C(N)=O)cc21)C1CCN(c2ncccn2)CC1. The average molecular weight is 438 g/mol. The third-order valence-corrected chi connectivity index (χ3v) is 5.71. The van der Waals surface area contributed by atoms with E-state index in [9.17, 15) is 9.59 Å². The third-order valence-electron chi connectivity index (χ3n) is 5.71. The maximum Gasteiger partial charge on any atom is 0.248 e. The number of piperidine rings is 1. The van der Waals surface area contributed by atoms with Crippen molar-refractivity contribution in [2.75, 3.05) is 38.3 Å². The molecule has 4 rings (SSSR count). The number of anilines is 1. The molecule has 0 atom stereocenters. The molecule has 0 spiro atoms. The van der Waals surface area contributed by atoms with E-state index in [0.29, 0.717) is 29.7 Å². The Morgan fingerprint density at radius 1 is 1.22 bits per heavy atom. The Labute approximate surface area is 185 Å². The molecule has 2 amide bonds. The van der Waals surface area contributed by atoms with E-state index in [1.54, 1.807) is 46.2 Å². The number of primary amides is 1. The lowest BCUT2D eigenvalue weighted by Crippen LogP contribution is -2.47. The van der Waals surface area contributed by atoms with Crippen LogP contribution in [-0.2, 0) is 16.1 Å². The van der Waals surface area contributed by atoms with E-state index in [-0.39, 0.29) is 18.6 Å². The number of nitrogens with two attached hydrogens (primary N) is 1. The first-order valence-electron chi connectivity index (χ1n) is 10.5. The molecule has 0 aliphatic carbocycles. The highest BCUT2D eigenvalue weighted by Gasteiger charge is 2.26. The number of benzene rings is 1. The van der Waals surface area contributed by atoms with Crippen molar-refractivity contribution in [2.45, 2.75) is 25.4 Å². The van der Waals surface area contributed by atoms with Crippen LogP contribution in [0.4, 0.5) is 5.95 Å². The third kappa shape index (κ3) is 4.83. The molecule has 168 valence electrons. The molecule has 11 nitrogen and oxygen atoms in total. The van der Waals surface area contributed by atoms with Crippen LogP contribution in [0.5, 0.6) is 0 Å². The summed E-state index contributed by atoms with van der Waals surface area (Å²) in [5.74, 6) is 0.164. The number of carbonyl (C=O) groups excluding carboxylic acids is 2. The number of fused-ring (bicyclic) bond motifs is 1. The van der Waals surface area contributed by atoms with Crippen molar-refractivity contribution in [1.29, 1.82) is 0 Å². The van der Waals surface area contributed by atoms with E-state index in [4.69, 9.17) is 10.5 Å². The van der Waals surface area contributed by atoms with Crippen molar-refractivity contribution in [1.82, 2.24) is 29.9 Å². The number of carbonyl (C=O) groups is 2. The lowest BCUT2D eigenvalue weighted by Gasteiger charge is -2.36. The summed E-state index contributed by atoms with van der Waals surface area (Å²) in [5, 5.41) is 8.14. The van der Waals surface area contributed by atoms with Gasteiger partial charge in [-0.2, -0.15) is 0 Å². The molecule has 1 aliphatic rings. The molecule has 3 aromatic rings. The van der Waals surface area contributed by atoms with E-state index in [2.05, 4.69) is 25.2 Å². The van der Waals surface area contributed by atoms with E-state index < -0.39 is 5.91 Å². The topological polar surface area (TPSA) is 132 Å². The molecule has 32 heavy (non-hydrogen) atoms. The Bertz CT molecular complexity index is 1080. The Kier molecular flexibility index (Phi) is 6.55. The molecule has 0 radical (unpaired) electrons. The minimum Gasteiger partial charge on any atom is -0.370 e. The van der Waals surface area contributed by atoms with Crippen LogP contribution < -0.4 is 10.6 Å². The fourth-order valence-corrected chi connectivity index (χ4v) is 3.81. The van der Waals surface area contributed by atoms with Crippen molar-refractivity contribution in [3.8, 4) is 0 Å². The van der Waals surface area contributed by atoms with Crippen LogP contribution in [0.15, 0.2) is 36.7 Å². The molecule has 0 bridgehead atoms. The molecule has 0 unspecified atom stereocenters. The molecule has 1 aliphatic heterocycles. The normalized spacial score (nSPS) is 14.6. The predicted octanol–water partition coefficient (Wildman–Crippen LogP) is 0.464. The van der Waals surface area contributed by atoms with Gasteiger partial charge in [0.1, 0.15) is 12.1 Å². The van der Waals surface area contributed by atoms with Crippen LogP contribution in [0.1, 0.15) is 23.2 Å². The van der Waals surface area contributed by atoms with Crippen molar-refractivity contribution in [2.24, 2.45) is 5.73 Å². The molecule has 11 heteroatoms. The summed E-state index contributed by atoms with van der Waals surface area (Å²) >= 11 is 0. The summed E-state index contributed by atoms with van der Waals surface area (Å²) in [5.41, 5.74) is 7.09.